The maximum Gasteiger partial charge on any atom is 0.113 e. The van der Waals surface area contributed by atoms with Gasteiger partial charge in [0.25, 0.3) is 0 Å². The number of piperidine rings is 1. The van der Waals surface area contributed by atoms with Crippen LogP contribution < -0.4 is 5.32 Å². The zero-order valence-corrected chi connectivity index (χ0v) is 8.46. The molecule has 0 saturated carbocycles. The van der Waals surface area contributed by atoms with Crippen molar-refractivity contribution < 1.29 is 4.39 Å². The van der Waals surface area contributed by atoms with E-state index >= 15 is 0 Å². The van der Waals surface area contributed by atoms with Gasteiger partial charge in [-0.1, -0.05) is 29.8 Å². The minimum atomic E-state index is -0.656. The Hall–Kier alpha value is -0.890. The maximum atomic E-state index is 12.9. The number of benzene rings is 1. The monoisotopic (exact) mass is 193 g/mol. The second-order valence-electron chi connectivity index (χ2n) is 4.05. The maximum absolute atomic E-state index is 12.9. The highest BCUT2D eigenvalue weighted by Gasteiger charge is 2.20. The van der Waals surface area contributed by atoms with Gasteiger partial charge in [0, 0.05) is 12.6 Å². The van der Waals surface area contributed by atoms with Gasteiger partial charge in [-0.2, -0.15) is 0 Å². The van der Waals surface area contributed by atoms with E-state index in [0.717, 1.165) is 6.42 Å². The van der Waals surface area contributed by atoms with Gasteiger partial charge in [-0.3, -0.25) is 0 Å². The van der Waals surface area contributed by atoms with Gasteiger partial charge in [-0.25, -0.2) is 4.39 Å². The fourth-order valence-electron chi connectivity index (χ4n) is 1.99. The van der Waals surface area contributed by atoms with E-state index in [9.17, 15) is 4.39 Å². The first-order chi connectivity index (χ1) is 6.75. The standard InChI is InChI=1S/C12H16FN/c1-9-3-2-4-10(7-9)12-6-5-11(13)8-14-12/h2-4,7,11-12,14H,5-6,8H2,1H3. The van der Waals surface area contributed by atoms with Crippen LogP contribution in [0.15, 0.2) is 24.3 Å². The van der Waals surface area contributed by atoms with E-state index in [0.29, 0.717) is 19.0 Å². The van der Waals surface area contributed by atoms with E-state index in [2.05, 4.69) is 36.5 Å². The first-order valence-electron chi connectivity index (χ1n) is 5.20. The predicted molar refractivity (Wildman–Crippen MR) is 56.1 cm³/mol. The molecule has 1 nitrogen and oxygen atoms in total. The Morgan fingerprint density at radius 1 is 1.36 bits per heavy atom. The minimum absolute atomic E-state index is 0.349. The lowest BCUT2D eigenvalue weighted by atomic mass is 9.96. The lowest BCUT2D eigenvalue weighted by molar-refractivity contribution is 0.234. The van der Waals surface area contributed by atoms with E-state index in [1.54, 1.807) is 0 Å². The number of halogens is 1. The average Bonchev–Trinajstić information content (AvgIpc) is 2.19. The second kappa shape index (κ2) is 4.09. The Balaban J connectivity index is 2.08. The summed E-state index contributed by atoms with van der Waals surface area (Å²) in [5, 5.41) is 3.24. The number of aryl methyl sites for hydroxylation is 1. The van der Waals surface area contributed by atoms with Crippen LogP contribution in [0.2, 0.25) is 0 Å². The van der Waals surface area contributed by atoms with Crippen molar-refractivity contribution in [2.24, 2.45) is 0 Å². The van der Waals surface area contributed by atoms with Crippen molar-refractivity contribution in [2.45, 2.75) is 32.0 Å². The molecule has 76 valence electrons. The van der Waals surface area contributed by atoms with Crippen molar-refractivity contribution in [1.82, 2.24) is 5.32 Å². The predicted octanol–water partition coefficient (Wildman–Crippen LogP) is 2.76. The van der Waals surface area contributed by atoms with Gasteiger partial charge in [0.05, 0.1) is 0 Å². The largest absolute Gasteiger partial charge is 0.307 e. The molecule has 0 radical (unpaired) electrons. The van der Waals surface area contributed by atoms with Crippen molar-refractivity contribution in [3.8, 4) is 0 Å². The summed E-state index contributed by atoms with van der Waals surface area (Å²) in [7, 11) is 0. The molecule has 0 bridgehead atoms. The molecule has 1 aliphatic heterocycles. The molecule has 0 aliphatic carbocycles. The Morgan fingerprint density at radius 3 is 2.86 bits per heavy atom. The summed E-state index contributed by atoms with van der Waals surface area (Å²) in [5.41, 5.74) is 2.56. The Kier molecular flexibility index (Phi) is 2.82. The van der Waals surface area contributed by atoms with Crippen molar-refractivity contribution in [3.63, 3.8) is 0 Å². The van der Waals surface area contributed by atoms with Crippen LogP contribution in [-0.4, -0.2) is 12.7 Å². The summed E-state index contributed by atoms with van der Waals surface area (Å²) in [5.74, 6) is 0. The lowest BCUT2D eigenvalue weighted by Crippen LogP contribution is -2.34. The van der Waals surface area contributed by atoms with E-state index in [1.807, 2.05) is 0 Å². The van der Waals surface area contributed by atoms with Crippen LogP contribution >= 0.6 is 0 Å². The van der Waals surface area contributed by atoms with Crippen LogP contribution in [0.1, 0.15) is 30.0 Å². The molecule has 14 heavy (non-hydrogen) atoms. The van der Waals surface area contributed by atoms with E-state index in [-0.39, 0.29) is 0 Å². The van der Waals surface area contributed by atoms with Crippen molar-refractivity contribution in [2.75, 3.05) is 6.54 Å². The topological polar surface area (TPSA) is 12.0 Å². The molecule has 1 saturated heterocycles. The number of nitrogens with one attached hydrogen (secondary N) is 1. The van der Waals surface area contributed by atoms with Crippen LogP contribution in [0.5, 0.6) is 0 Å². The first-order valence-corrected chi connectivity index (χ1v) is 5.20. The van der Waals surface area contributed by atoms with Gasteiger partial charge in [-0.05, 0) is 25.3 Å². The molecule has 1 fully saturated rings. The number of alkyl halides is 1. The van der Waals surface area contributed by atoms with Crippen LogP contribution in [0, 0.1) is 6.92 Å². The minimum Gasteiger partial charge on any atom is -0.307 e. The molecular weight excluding hydrogens is 177 g/mol. The van der Waals surface area contributed by atoms with Crippen LogP contribution in [0.3, 0.4) is 0 Å². The van der Waals surface area contributed by atoms with Gasteiger partial charge < -0.3 is 5.32 Å². The Labute approximate surface area is 84.3 Å². The summed E-state index contributed by atoms with van der Waals surface area (Å²) >= 11 is 0. The Morgan fingerprint density at radius 2 is 2.21 bits per heavy atom. The highest BCUT2D eigenvalue weighted by atomic mass is 19.1. The zero-order chi connectivity index (χ0) is 9.97. The molecule has 0 spiro atoms. The van der Waals surface area contributed by atoms with Gasteiger partial charge in [0.2, 0.25) is 0 Å². The molecule has 1 heterocycles. The van der Waals surface area contributed by atoms with Gasteiger partial charge in [0.1, 0.15) is 6.17 Å². The summed E-state index contributed by atoms with van der Waals surface area (Å²) < 4.78 is 12.9. The fourth-order valence-corrected chi connectivity index (χ4v) is 1.99. The van der Waals surface area contributed by atoms with Crippen molar-refractivity contribution >= 4 is 0 Å². The molecule has 2 unspecified atom stereocenters. The molecule has 2 atom stereocenters. The molecule has 1 aliphatic rings. The summed E-state index contributed by atoms with van der Waals surface area (Å²) in [4.78, 5) is 0. The van der Waals surface area contributed by atoms with E-state index in [4.69, 9.17) is 0 Å². The fraction of sp³-hybridized carbons (Fsp3) is 0.500. The van der Waals surface area contributed by atoms with Crippen LogP contribution in [-0.2, 0) is 0 Å². The number of hydrogen-bond donors (Lipinski definition) is 1. The van der Waals surface area contributed by atoms with E-state index in [1.165, 1.54) is 11.1 Å². The smallest absolute Gasteiger partial charge is 0.113 e. The lowest BCUT2D eigenvalue weighted by Gasteiger charge is -2.26. The van der Waals surface area contributed by atoms with Crippen molar-refractivity contribution in [1.29, 1.82) is 0 Å². The van der Waals surface area contributed by atoms with Gasteiger partial charge in [-0.15, -0.1) is 0 Å². The quantitative estimate of drug-likeness (QED) is 0.723. The number of hydrogen-bond acceptors (Lipinski definition) is 1. The molecule has 1 aromatic carbocycles. The first kappa shape index (κ1) is 9.66. The third-order valence-corrected chi connectivity index (χ3v) is 2.80. The summed E-state index contributed by atoms with van der Waals surface area (Å²) in [6, 6.07) is 8.79. The highest BCUT2D eigenvalue weighted by Crippen LogP contribution is 2.24. The molecule has 0 amide bonds. The van der Waals surface area contributed by atoms with Crippen molar-refractivity contribution in [3.05, 3.63) is 35.4 Å². The molecule has 2 heteroatoms. The molecule has 1 aromatic rings. The third kappa shape index (κ3) is 2.13. The zero-order valence-electron chi connectivity index (χ0n) is 8.46. The normalized spacial score (nSPS) is 27.6. The highest BCUT2D eigenvalue weighted by molar-refractivity contribution is 5.25. The molecule has 1 N–H and O–H groups in total. The Bertz CT molecular complexity index is 303. The molecule has 0 aromatic heterocycles. The SMILES string of the molecule is Cc1cccc(C2CCC(F)CN2)c1. The molecule has 2 rings (SSSR count). The van der Waals surface area contributed by atoms with Gasteiger partial charge >= 0.3 is 0 Å². The van der Waals surface area contributed by atoms with Crippen LogP contribution in [0.4, 0.5) is 4.39 Å². The summed E-state index contributed by atoms with van der Waals surface area (Å²) in [6.45, 7) is 2.59. The third-order valence-electron chi connectivity index (χ3n) is 2.80. The second-order valence-corrected chi connectivity index (χ2v) is 4.05. The average molecular weight is 193 g/mol. The van der Waals surface area contributed by atoms with E-state index < -0.39 is 6.17 Å². The number of rotatable bonds is 1. The van der Waals surface area contributed by atoms with Gasteiger partial charge in [0.15, 0.2) is 0 Å². The molecular formula is C12H16FN. The van der Waals surface area contributed by atoms with Crippen LogP contribution in [0.25, 0.3) is 0 Å². The summed E-state index contributed by atoms with van der Waals surface area (Å²) in [6.07, 6.45) is 0.937.